The Balaban J connectivity index is 1.62. The van der Waals surface area contributed by atoms with Crippen molar-refractivity contribution in [2.24, 2.45) is 5.14 Å². The zero-order valence-corrected chi connectivity index (χ0v) is 15.3. The van der Waals surface area contributed by atoms with Crippen molar-refractivity contribution >= 4 is 15.9 Å². The monoisotopic (exact) mass is 378 g/mol. The highest BCUT2D eigenvalue weighted by Crippen LogP contribution is 2.10. The van der Waals surface area contributed by atoms with Gasteiger partial charge in [0.1, 0.15) is 5.82 Å². The lowest BCUT2D eigenvalue weighted by Crippen LogP contribution is -2.25. The molecular formula is C19H23FN2O3S. The number of sulfonamides is 1. The van der Waals surface area contributed by atoms with Gasteiger partial charge < -0.3 is 5.32 Å². The fourth-order valence-electron chi connectivity index (χ4n) is 2.55. The predicted molar refractivity (Wildman–Crippen MR) is 98.5 cm³/mol. The molecule has 26 heavy (non-hydrogen) atoms. The van der Waals surface area contributed by atoms with Crippen molar-refractivity contribution in [3.63, 3.8) is 0 Å². The fourth-order valence-corrected chi connectivity index (χ4v) is 3.06. The molecule has 0 radical (unpaired) electrons. The Hall–Kier alpha value is -2.25. The van der Waals surface area contributed by atoms with Crippen molar-refractivity contribution < 1.29 is 17.6 Å². The normalized spacial score (nSPS) is 11.3. The van der Waals surface area contributed by atoms with Crippen LogP contribution in [-0.4, -0.2) is 20.9 Å². The van der Waals surface area contributed by atoms with Crippen molar-refractivity contribution in [1.29, 1.82) is 0 Å². The molecule has 0 saturated carbocycles. The summed E-state index contributed by atoms with van der Waals surface area (Å²) < 4.78 is 35.2. The molecule has 0 spiro atoms. The van der Waals surface area contributed by atoms with E-state index in [2.05, 4.69) is 5.32 Å². The van der Waals surface area contributed by atoms with Crippen LogP contribution in [0.3, 0.4) is 0 Å². The Morgan fingerprint density at radius 2 is 1.50 bits per heavy atom. The molecule has 2 rings (SSSR count). The van der Waals surface area contributed by atoms with Crippen LogP contribution in [0.4, 0.5) is 4.39 Å². The first-order valence-corrected chi connectivity index (χ1v) is 10.0. The first kappa shape index (κ1) is 20.1. The topological polar surface area (TPSA) is 89.3 Å². The standard InChI is InChI=1S/C19H23FN2O3S/c20-17-9-5-15(6-10-17)3-1-2-4-19(23)22-14-13-16-7-11-18(12-8-16)26(21,24)25/h5-12H,1-4,13-14H2,(H,22,23)(H2,21,24,25). The highest BCUT2D eigenvalue weighted by Gasteiger charge is 2.07. The second-order valence-corrected chi connectivity index (χ2v) is 7.68. The van der Waals surface area contributed by atoms with Gasteiger partial charge in [0.15, 0.2) is 0 Å². The molecule has 0 unspecified atom stereocenters. The van der Waals surface area contributed by atoms with Crippen LogP contribution in [0, 0.1) is 5.82 Å². The van der Waals surface area contributed by atoms with Crippen LogP contribution >= 0.6 is 0 Å². The molecule has 0 aliphatic heterocycles. The molecule has 140 valence electrons. The SMILES string of the molecule is NS(=O)(=O)c1ccc(CCNC(=O)CCCCc2ccc(F)cc2)cc1. The third kappa shape index (κ3) is 6.93. The van der Waals surface area contributed by atoms with Gasteiger partial charge in [-0.25, -0.2) is 17.9 Å². The van der Waals surface area contributed by atoms with Crippen LogP contribution in [0.15, 0.2) is 53.4 Å². The quantitative estimate of drug-likeness (QED) is 0.657. The second kappa shape index (κ2) is 9.45. The first-order chi connectivity index (χ1) is 12.3. The number of nitrogens with two attached hydrogens (primary N) is 1. The van der Waals surface area contributed by atoms with Crippen LogP contribution in [0.1, 0.15) is 30.4 Å². The summed E-state index contributed by atoms with van der Waals surface area (Å²) in [7, 11) is -3.68. The number of primary sulfonamides is 1. The maximum absolute atomic E-state index is 12.8. The molecule has 2 aromatic carbocycles. The summed E-state index contributed by atoms with van der Waals surface area (Å²) in [6, 6.07) is 12.7. The first-order valence-electron chi connectivity index (χ1n) is 8.47. The molecule has 0 aliphatic carbocycles. The number of aryl methyl sites for hydroxylation is 1. The highest BCUT2D eigenvalue weighted by molar-refractivity contribution is 7.89. The summed E-state index contributed by atoms with van der Waals surface area (Å²) in [5.74, 6) is -0.252. The number of nitrogens with one attached hydrogen (secondary N) is 1. The second-order valence-electron chi connectivity index (χ2n) is 6.12. The minimum Gasteiger partial charge on any atom is -0.356 e. The maximum Gasteiger partial charge on any atom is 0.238 e. The summed E-state index contributed by atoms with van der Waals surface area (Å²) in [6.45, 7) is 0.492. The number of carbonyl (C=O) groups is 1. The van der Waals surface area contributed by atoms with E-state index in [1.807, 2.05) is 0 Å². The molecule has 1 amide bonds. The average molecular weight is 378 g/mol. The number of unbranched alkanes of at least 4 members (excludes halogenated alkanes) is 1. The van der Waals surface area contributed by atoms with Crippen LogP contribution in [-0.2, 0) is 27.7 Å². The molecule has 2 aromatic rings. The summed E-state index contributed by atoms with van der Waals surface area (Å²) in [4.78, 5) is 11.9. The predicted octanol–water partition coefficient (Wildman–Crippen LogP) is 2.54. The van der Waals surface area contributed by atoms with E-state index in [1.54, 1.807) is 24.3 Å². The van der Waals surface area contributed by atoms with E-state index in [0.717, 1.165) is 30.4 Å². The Morgan fingerprint density at radius 1 is 0.923 bits per heavy atom. The molecule has 0 saturated heterocycles. The lowest BCUT2D eigenvalue weighted by molar-refractivity contribution is -0.121. The highest BCUT2D eigenvalue weighted by atomic mass is 32.2. The van der Waals surface area contributed by atoms with E-state index >= 15 is 0 Å². The Morgan fingerprint density at radius 3 is 2.12 bits per heavy atom. The number of carbonyl (C=O) groups excluding carboxylic acids is 1. The molecule has 0 aliphatic rings. The molecule has 0 bridgehead atoms. The van der Waals surface area contributed by atoms with Gasteiger partial charge in [-0.2, -0.15) is 0 Å². The summed E-state index contributed by atoms with van der Waals surface area (Å²) in [6.07, 6.45) is 3.53. The van der Waals surface area contributed by atoms with Crippen LogP contribution in [0.25, 0.3) is 0 Å². The largest absolute Gasteiger partial charge is 0.356 e. The molecule has 5 nitrogen and oxygen atoms in total. The van der Waals surface area contributed by atoms with Gasteiger partial charge in [0.25, 0.3) is 0 Å². The number of benzene rings is 2. The molecule has 0 aromatic heterocycles. The van der Waals surface area contributed by atoms with Gasteiger partial charge in [-0.3, -0.25) is 4.79 Å². The number of halogens is 1. The van der Waals surface area contributed by atoms with Crippen LogP contribution in [0.2, 0.25) is 0 Å². The minimum absolute atomic E-state index is 0.00902. The third-order valence-corrected chi connectivity index (χ3v) is 4.95. The van der Waals surface area contributed by atoms with Crippen LogP contribution in [0.5, 0.6) is 0 Å². The van der Waals surface area contributed by atoms with Gasteiger partial charge >= 0.3 is 0 Å². The number of rotatable bonds is 9. The molecule has 0 atom stereocenters. The Bertz CT molecular complexity index is 819. The minimum atomic E-state index is -3.68. The van der Waals surface area contributed by atoms with Crippen molar-refractivity contribution in [2.45, 2.75) is 37.0 Å². The third-order valence-electron chi connectivity index (χ3n) is 4.02. The van der Waals surface area contributed by atoms with Crippen molar-refractivity contribution in [2.75, 3.05) is 6.54 Å². The molecule has 0 heterocycles. The van der Waals surface area contributed by atoms with E-state index in [0.29, 0.717) is 19.4 Å². The van der Waals surface area contributed by atoms with Gasteiger partial charge in [-0.05, 0) is 61.1 Å². The van der Waals surface area contributed by atoms with Gasteiger partial charge in [-0.1, -0.05) is 24.3 Å². The van der Waals surface area contributed by atoms with Gasteiger partial charge in [0.2, 0.25) is 15.9 Å². The van der Waals surface area contributed by atoms with Crippen molar-refractivity contribution in [3.05, 3.63) is 65.5 Å². The Labute approximate surface area is 153 Å². The van der Waals surface area contributed by atoms with E-state index < -0.39 is 10.0 Å². The fraction of sp³-hybridized carbons (Fsp3) is 0.316. The summed E-state index contributed by atoms with van der Waals surface area (Å²) in [5.41, 5.74) is 1.99. The average Bonchev–Trinajstić information content (AvgIpc) is 2.60. The lowest BCUT2D eigenvalue weighted by atomic mass is 10.1. The zero-order chi connectivity index (χ0) is 19.0. The molecule has 0 fully saturated rings. The summed E-state index contributed by atoms with van der Waals surface area (Å²) >= 11 is 0. The number of hydrogen-bond donors (Lipinski definition) is 2. The molecular weight excluding hydrogens is 355 g/mol. The zero-order valence-electron chi connectivity index (χ0n) is 14.4. The van der Waals surface area contributed by atoms with E-state index in [1.165, 1.54) is 24.3 Å². The van der Waals surface area contributed by atoms with Gasteiger partial charge in [0, 0.05) is 13.0 Å². The van der Waals surface area contributed by atoms with Gasteiger partial charge in [-0.15, -0.1) is 0 Å². The van der Waals surface area contributed by atoms with E-state index in [9.17, 15) is 17.6 Å². The van der Waals surface area contributed by atoms with Crippen molar-refractivity contribution in [3.8, 4) is 0 Å². The van der Waals surface area contributed by atoms with E-state index in [-0.39, 0.29) is 16.6 Å². The number of hydrogen-bond acceptors (Lipinski definition) is 3. The maximum atomic E-state index is 12.8. The van der Waals surface area contributed by atoms with Crippen LogP contribution < -0.4 is 10.5 Å². The van der Waals surface area contributed by atoms with Crippen molar-refractivity contribution in [1.82, 2.24) is 5.32 Å². The van der Waals surface area contributed by atoms with Gasteiger partial charge in [0.05, 0.1) is 4.90 Å². The molecule has 7 heteroatoms. The number of amides is 1. The smallest absolute Gasteiger partial charge is 0.238 e. The Kier molecular flexibility index (Phi) is 7.29. The summed E-state index contributed by atoms with van der Waals surface area (Å²) in [5, 5.41) is 7.90. The lowest BCUT2D eigenvalue weighted by Gasteiger charge is -2.06. The van der Waals surface area contributed by atoms with E-state index in [4.69, 9.17) is 5.14 Å². The molecule has 3 N–H and O–H groups in total.